The number of rotatable bonds is 5. The molecular weight excluding hydrogens is 404 g/mol. The van der Waals surface area contributed by atoms with Gasteiger partial charge in [0.15, 0.2) is 10.3 Å². The van der Waals surface area contributed by atoms with E-state index in [1.807, 2.05) is 24.3 Å². The molecule has 2 aliphatic rings. The quantitative estimate of drug-likeness (QED) is 0.721. The van der Waals surface area contributed by atoms with Crippen LogP contribution in [0, 0.1) is 5.92 Å². The summed E-state index contributed by atoms with van der Waals surface area (Å²) >= 11 is 8.59. The van der Waals surface area contributed by atoms with Crippen LogP contribution in [0.15, 0.2) is 40.4 Å². The van der Waals surface area contributed by atoms with E-state index in [0.717, 1.165) is 23.3 Å². The number of thioether (sulfide) groups is 1. The predicted octanol–water partition coefficient (Wildman–Crippen LogP) is 3.91. The summed E-state index contributed by atoms with van der Waals surface area (Å²) in [6.45, 7) is 0.439. The molecule has 0 radical (unpaired) electrons. The fourth-order valence-electron chi connectivity index (χ4n) is 2.39. The third kappa shape index (κ3) is 4.77. The normalized spacial score (nSPS) is 19.5. The molecule has 1 aromatic heterocycles. The smallest absolute Gasteiger partial charge is 0.264 e. The van der Waals surface area contributed by atoms with Crippen molar-refractivity contribution in [3.05, 3.63) is 50.8 Å². The average molecular weight is 419 g/mol. The Hall–Kier alpha value is -2.16. The number of carbonyl (C=O) groups excluding carboxylic acids is 2. The second-order valence-electron chi connectivity index (χ2n) is 6.15. The first-order valence-electron chi connectivity index (χ1n) is 8.33. The second kappa shape index (κ2) is 7.84. The molecule has 1 aromatic carbocycles. The Balaban J connectivity index is 1.40. The highest BCUT2D eigenvalue weighted by atomic mass is 35.5. The molecule has 9 heteroatoms. The summed E-state index contributed by atoms with van der Waals surface area (Å²) in [4.78, 5) is 33.9. The number of amidine groups is 1. The number of aromatic nitrogens is 1. The van der Waals surface area contributed by atoms with Gasteiger partial charge in [0.05, 0.1) is 16.3 Å². The fraction of sp³-hybridized carbons (Fsp3) is 0.222. The number of amides is 2. The average Bonchev–Trinajstić information content (AvgIpc) is 3.32. The number of halogens is 1. The third-order valence-electron chi connectivity index (χ3n) is 3.92. The van der Waals surface area contributed by atoms with Crippen molar-refractivity contribution in [2.75, 3.05) is 5.32 Å². The predicted molar refractivity (Wildman–Crippen MR) is 110 cm³/mol. The van der Waals surface area contributed by atoms with Gasteiger partial charge < -0.3 is 10.6 Å². The summed E-state index contributed by atoms with van der Waals surface area (Å²) < 4.78 is 0. The molecule has 1 aliphatic carbocycles. The van der Waals surface area contributed by atoms with E-state index in [1.165, 1.54) is 23.1 Å². The molecule has 0 atom stereocenters. The van der Waals surface area contributed by atoms with Gasteiger partial charge in [0.1, 0.15) is 0 Å². The maximum atomic E-state index is 12.1. The zero-order valence-corrected chi connectivity index (χ0v) is 16.5. The standard InChI is InChI=1S/C18H15ClN4O2S2/c19-12-3-1-2-10(6-12)8-20-18-23-16(25)14(27-18)7-13-9-21-17(26-13)22-15(24)11-4-5-11/h1-3,6-7,9,11H,4-5,8H2,(H,20,23,25)(H,21,22,24)/b14-7-. The van der Waals surface area contributed by atoms with Crippen molar-refractivity contribution in [2.45, 2.75) is 19.4 Å². The van der Waals surface area contributed by atoms with Crippen molar-refractivity contribution in [3.63, 3.8) is 0 Å². The van der Waals surface area contributed by atoms with Crippen LogP contribution in [0.4, 0.5) is 5.13 Å². The molecule has 1 aliphatic heterocycles. The van der Waals surface area contributed by atoms with E-state index in [9.17, 15) is 9.59 Å². The number of nitrogens with one attached hydrogen (secondary N) is 2. The highest BCUT2D eigenvalue weighted by Crippen LogP contribution is 2.32. The molecule has 1 saturated heterocycles. The SMILES string of the molecule is O=C1NC(=NCc2cccc(Cl)c2)S/C1=C\c1cnc(NC(=O)C2CC2)s1. The Morgan fingerprint density at radius 2 is 2.30 bits per heavy atom. The maximum absolute atomic E-state index is 12.1. The number of thiazole rings is 1. The molecule has 0 bridgehead atoms. The van der Waals surface area contributed by atoms with Gasteiger partial charge in [-0.05, 0) is 48.4 Å². The lowest BCUT2D eigenvalue weighted by molar-refractivity contribution is -0.117. The summed E-state index contributed by atoms with van der Waals surface area (Å²) in [6.07, 6.45) is 5.30. The molecule has 2 aromatic rings. The van der Waals surface area contributed by atoms with Crippen molar-refractivity contribution in [1.82, 2.24) is 10.3 Å². The number of nitrogens with zero attached hydrogens (tertiary/aromatic N) is 2. The number of hydrogen-bond donors (Lipinski definition) is 2. The molecule has 0 unspecified atom stereocenters. The zero-order chi connectivity index (χ0) is 18.8. The minimum atomic E-state index is -0.193. The van der Waals surface area contributed by atoms with Crippen LogP contribution in [0.2, 0.25) is 5.02 Å². The van der Waals surface area contributed by atoms with Crippen LogP contribution in [-0.2, 0) is 16.1 Å². The van der Waals surface area contributed by atoms with Gasteiger partial charge in [-0.2, -0.15) is 0 Å². The van der Waals surface area contributed by atoms with Gasteiger partial charge in [0.2, 0.25) is 5.91 Å². The number of anilines is 1. The van der Waals surface area contributed by atoms with Gasteiger partial charge >= 0.3 is 0 Å². The Labute approximate surface area is 169 Å². The lowest BCUT2D eigenvalue weighted by atomic mass is 10.2. The molecule has 4 rings (SSSR count). The second-order valence-corrected chi connectivity index (χ2v) is 8.68. The summed E-state index contributed by atoms with van der Waals surface area (Å²) in [5, 5.41) is 7.33. The summed E-state index contributed by atoms with van der Waals surface area (Å²) in [6, 6.07) is 7.45. The van der Waals surface area contributed by atoms with Crippen molar-refractivity contribution in [3.8, 4) is 0 Å². The van der Waals surface area contributed by atoms with E-state index < -0.39 is 0 Å². The van der Waals surface area contributed by atoms with Crippen LogP contribution >= 0.6 is 34.7 Å². The topological polar surface area (TPSA) is 83.4 Å². The van der Waals surface area contributed by atoms with Crippen LogP contribution < -0.4 is 10.6 Å². The van der Waals surface area contributed by atoms with E-state index >= 15 is 0 Å². The van der Waals surface area contributed by atoms with Gasteiger partial charge in [0, 0.05) is 17.1 Å². The molecular formula is C18H15ClN4O2S2. The highest BCUT2D eigenvalue weighted by Gasteiger charge is 2.30. The summed E-state index contributed by atoms with van der Waals surface area (Å²) in [7, 11) is 0. The van der Waals surface area contributed by atoms with Gasteiger partial charge in [-0.15, -0.1) is 0 Å². The Bertz CT molecular complexity index is 966. The van der Waals surface area contributed by atoms with E-state index in [4.69, 9.17) is 11.6 Å². The van der Waals surface area contributed by atoms with Gasteiger partial charge in [-0.1, -0.05) is 35.1 Å². The molecule has 27 heavy (non-hydrogen) atoms. The highest BCUT2D eigenvalue weighted by molar-refractivity contribution is 8.18. The number of aliphatic imine (C=N–C) groups is 1. The molecule has 2 N–H and O–H groups in total. The van der Waals surface area contributed by atoms with Crippen LogP contribution in [0.25, 0.3) is 6.08 Å². The van der Waals surface area contributed by atoms with Crippen molar-refractivity contribution >= 4 is 62.9 Å². The number of carbonyl (C=O) groups is 2. The molecule has 2 heterocycles. The van der Waals surface area contributed by atoms with E-state index in [0.29, 0.717) is 26.8 Å². The lowest BCUT2D eigenvalue weighted by Gasteiger charge is -1.98. The van der Waals surface area contributed by atoms with Crippen LogP contribution in [-0.4, -0.2) is 22.0 Å². The first-order chi connectivity index (χ1) is 13.1. The number of hydrogen-bond acceptors (Lipinski definition) is 6. The maximum Gasteiger partial charge on any atom is 0.264 e. The minimum Gasteiger partial charge on any atom is -0.302 e. The van der Waals surface area contributed by atoms with E-state index in [2.05, 4.69) is 20.6 Å². The van der Waals surface area contributed by atoms with E-state index in [1.54, 1.807) is 12.3 Å². The monoisotopic (exact) mass is 418 g/mol. The van der Waals surface area contributed by atoms with E-state index in [-0.39, 0.29) is 17.7 Å². The Morgan fingerprint density at radius 1 is 1.44 bits per heavy atom. The van der Waals surface area contributed by atoms with Crippen LogP contribution in [0.1, 0.15) is 23.3 Å². The van der Waals surface area contributed by atoms with Gasteiger partial charge in [-0.25, -0.2) is 4.98 Å². The third-order valence-corrected chi connectivity index (χ3v) is 5.96. The largest absolute Gasteiger partial charge is 0.302 e. The minimum absolute atomic E-state index is 0.0203. The Morgan fingerprint density at radius 3 is 3.07 bits per heavy atom. The Kier molecular flexibility index (Phi) is 5.29. The fourth-order valence-corrected chi connectivity index (χ4v) is 4.25. The van der Waals surface area contributed by atoms with Gasteiger partial charge in [-0.3, -0.25) is 14.6 Å². The van der Waals surface area contributed by atoms with Crippen LogP contribution in [0.3, 0.4) is 0 Å². The first-order valence-corrected chi connectivity index (χ1v) is 10.3. The summed E-state index contributed by atoms with van der Waals surface area (Å²) in [5.74, 6) is -0.0427. The molecule has 2 fully saturated rings. The molecule has 6 nitrogen and oxygen atoms in total. The van der Waals surface area contributed by atoms with Crippen molar-refractivity contribution in [2.24, 2.45) is 10.9 Å². The molecule has 2 amide bonds. The van der Waals surface area contributed by atoms with Crippen LogP contribution in [0.5, 0.6) is 0 Å². The van der Waals surface area contributed by atoms with Gasteiger partial charge in [0.25, 0.3) is 5.91 Å². The zero-order valence-electron chi connectivity index (χ0n) is 14.1. The van der Waals surface area contributed by atoms with Crippen molar-refractivity contribution < 1.29 is 9.59 Å². The molecule has 138 valence electrons. The molecule has 1 saturated carbocycles. The van der Waals surface area contributed by atoms with Crippen molar-refractivity contribution in [1.29, 1.82) is 0 Å². The number of benzene rings is 1. The first kappa shape index (κ1) is 18.2. The lowest BCUT2D eigenvalue weighted by Crippen LogP contribution is -2.19. The summed E-state index contributed by atoms with van der Waals surface area (Å²) in [5.41, 5.74) is 0.973. The molecule has 0 spiro atoms.